The third kappa shape index (κ3) is 4.32. The van der Waals surface area contributed by atoms with Gasteiger partial charge in [-0.15, -0.1) is 0 Å². The van der Waals surface area contributed by atoms with E-state index in [1.807, 2.05) is 48.0 Å². The standard InChI is InChI=1S/C25H28N6O/c1-17-16-28-18(2)30(17)13-6-3-7-14-31-22-12-5-4-11-21(22)29-23(25(31)32)19-9-8-10-20(15-19)24(26)27/h4-5,8-12,15-16H,3,6-7,13-14H2,1-2H3,(H3,26,27). The number of aromatic nitrogens is 4. The first kappa shape index (κ1) is 21.5. The maximum Gasteiger partial charge on any atom is 0.277 e. The quantitative estimate of drug-likeness (QED) is 0.251. The van der Waals surface area contributed by atoms with Crippen LogP contribution in [0.3, 0.4) is 0 Å². The highest BCUT2D eigenvalue weighted by Gasteiger charge is 2.13. The number of unbranched alkanes of at least 4 members (excludes halogenated alkanes) is 2. The Morgan fingerprint density at radius 3 is 2.47 bits per heavy atom. The van der Waals surface area contributed by atoms with E-state index in [2.05, 4.69) is 21.5 Å². The first-order valence-electron chi connectivity index (χ1n) is 10.9. The topological polar surface area (TPSA) is 103 Å². The van der Waals surface area contributed by atoms with Crippen molar-refractivity contribution in [2.75, 3.05) is 0 Å². The van der Waals surface area contributed by atoms with Gasteiger partial charge in [-0.05, 0) is 51.3 Å². The predicted molar refractivity (Wildman–Crippen MR) is 128 cm³/mol. The van der Waals surface area contributed by atoms with Crippen LogP contribution in [0.15, 0.2) is 59.5 Å². The van der Waals surface area contributed by atoms with Crippen LogP contribution in [0.2, 0.25) is 0 Å². The summed E-state index contributed by atoms with van der Waals surface area (Å²) in [6.07, 6.45) is 4.84. The molecule has 0 unspecified atom stereocenters. The first-order valence-corrected chi connectivity index (χ1v) is 10.9. The van der Waals surface area contributed by atoms with Crippen LogP contribution in [0.25, 0.3) is 22.3 Å². The van der Waals surface area contributed by atoms with Gasteiger partial charge in [0.15, 0.2) is 0 Å². The van der Waals surface area contributed by atoms with Gasteiger partial charge in [-0.3, -0.25) is 10.2 Å². The van der Waals surface area contributed by atoms with E-state index in [1.165, 1.54) is 5.69 Å². The fraction of sp³-hybridized carbons (Fsp3) is 0.280. The molecule has 0 bridgehead atoms. The van der Waals surface area contributed by atoms with Gasteiger partial charge in [0, 0.05) is 36.1 Å². The Kier molecular flexibility index (Phi) is 6.16. The summed E-state index contributed by atoms with van der Waals surface area (Å²) in [5.74, 6) is 1.01. The van der Waals surface area contributed by atoms with Crippen LogP contribution in [0, 0.1) is 19.3 Å². The molecule has 7 nitrogen and oxygen atoms in total. The lowest BCUT2D eigenvalue weighted by atomic mass is 10.1. The van der Waals surface area contributed by atoms with Crippen molar-refractivity contribution in [3.05, 3.63) is 82.2 Å². The van der Waals surface area contributed by atoms with Gasteiger partial charge < -0.3 is 14.9 Å². The zero-order valence-electron chi connectivity index (χ0n) is 18.5. The maximum atomic E-state index is 13.4. The Hall–Kier alpha value is -3.74. The SMILES string of the molecule is Cc1cnc(C)n1CCCCCn1c(=O)c(-c2cccc(C(=N)N)c2)nc2ccccc21. The van der Waals surface area contributed by atoms with Crippen LogP contribution in [0.5, 0.6) is 0 Å². The van der Waals surface area contributed by atoms with Crippen molar-refractivity contribution in [2.45, 2.75) is 46.2 Å². The van der Waals surface area contributed by atoms with Crippen molar-refractivity contribution in [3.8, 4) is 11.3 Å². The van der Waals surface area contributed by atoms with Gasteiger partial charge in [0.1, 0.15) is 17.4 Å². The summed E-state index contributed by atoms with van der Waals surface area (Å²) >= 11 is 0. The molecule has 4 aromatic rings. The Bertz CT molecular complexity index is 1310. The molecule has 7 heteroatoms. The molecule has 2 heterocycles. The highest BCUT2D eigenvalue weighted by atomic mass is 16.1. The summed E-state index contributed by atoms with van der Waals surface area (Å²) in [5, 5.41) is 7.70. The number of nitrogens with one attached hydrogen (secondary N) is 1. The molecule has 2 aromatic carbocycles. The Labute approximate surface area is 187 Å². The number of fused-ring (bicyclic) bond motifs is 1. The van der Waals surface area contributed by atoms with Crippen molar-refractivity contribution in [3.63, 3.8) is 0 Å². The minimum Gasteiger partial charge on any atom is -0.384 e. The number of hydrogen-bond acceptors (Lipinski definition) is 4. The smallest absolute Gasteiger partial charge is 0.277 e. The number of benzene rings is 2. The second kappa shape index (κ2) is 9.18. The molecule has 0 aliphatic rings. The Morgan fingerprint density at radius 1 is 1.00 bits per heavy atom. The Balaban J connectivity index is 1.58. The lowest BCUT2D eigenvalue weighted by Gasteiger charge is -2.13. The van der Waals surface area contributed by atoms with Gasteiger partial charge >= 0.3 is 0 Å². The highest BCUT2D eigenvalue weighted by Crippen LogP contribution is 2.19. The second-order valence-electron chi connectivity index (χ2n) is 8.06. The molecular weight excluding hydrogens is 400 g/mol. The first-order chi connectivity index (χ1) is 15.5. The molecular formula is C25H28N6O. The van der Waals surface area contributed by atoms with Crippen molar-refractivity contribution in [2.24, 2.45) is 5.73 Å². The molecule has 0 saturated heterocycles. The molecule has 0 aliphatic carbocycles. The molecule has 0 amide bonds. The van der Waals surface area contributed by atoms with Gasteiger partial charge in [-0.2, -0.15) is 0 Å². The van der Waals surface area contributed by atoms with Crippen molar-refractivity contribution in [1.29, 1.82) is 5.41 Å². The number of nitrogens with zero attached hydrogens (tertiary/aromatic N) is 4. The molecule has 3 N–H and O–H groups in total. The molecule has 0 spiro atoms. The molecule has 0 aliphatic heterocycles. The zero-order chi connectivity index (χ0) is 22.7. The van der Waals surface area contributed by atoms with Gasteiger partial charge in [0.25, 0.3) is 5.56 Å². The monoisotopic (exact) mass is 428 g/mol. The molecule has 0 atom stereocenters. The number of nitrogens with two attached hydrogens (primary N) is 1. The summed E-state index contributed by atoms with van der Waals surface area (Å²) in [5.41, 5.74) is 9.95. The van der Waals surface area contributed by atoms with Crippen LogP contribution in [0.1, 0.15) is 36.3 Å². The number of rotatable bonds is 8. The minimum atomic E-state index is -0.120. The fourth-order valence-electron chi connectivity index (χ4n) is 4.07. The summed E-state index contributed by atoms with van der Waals surface area (Å²) in [6, 6.07) is 14.9. The fourth-order valence-corrected chi connectivity index (χ4v) is 4.07. The average molecular weight is 429 g/mol. The van der Waals surface area contributed by atoms with Crippen LogP contribution in [0.4, 0.5) is 0 Å². The molecule has 4 rings (SSSR count). The van der Waals surface area contributed by atoms with E-state index in [0.717, 1.165) is 42.7 Å². The number of para-hydroxylation sites is 2. The van der Waals surface area contributed by atoms with E-state index < -0.39 is 0 Å². The maximum absolute atomic E-state index is 13.4. The van der Waals surface area contributed by atoms with Gasteiger partial charge in [-0.1, -0.05) is 30.3 Å². The van der Waals surface area contributed by atoms with Crippen LogP contribution in [-0.2, 0) is 13.1 Å². The van der Waals surface area contributed by atoms with E-state index in [-0.39, 0.29) is 11.4 Å². The number of nitrogen functional groups attached to an aromatic ring is 1. The molecule has 164 valence electrons. The highest BCUT2D eigenvalue weighted by molar-refractivity contribution is 5.96. The van der Waals surface area contributed by atoms with Crippen molar-refractivity contribution < 1.29 is 0 Å². The van der Waals surface area contributed by atoms with Gasteiger partial charge in [0.05, 0.1) is 11.0 Å². The van der Waals surface area contributed by atoms with Crippen LogP contribution < -0.4 is 11.3 Å². The number of amidine groups is 1. The van der Waals surface area contributed by atoms with Crippen molar-refractivity contribution in [1.82, 2.24) is 19.1 Å². The lowest BCUT2D eigenvalue weighted by Crippen LogP contribution is -2.24. The number of hydrogen-bond donors (Lipinski definition) is 2. The van der Waals surface area contributed by atoms with E-state index in [0.29, 0.717) is 23.4 Å². The van der Waals surface area contributed by atoms with Crippen molar-refractivity contribution >= 4 is 16.9 Å². The summed E-state index contributed by atoms with van der Waals surface area (Å²) in [7, 11) is 0. The molecule has 32 heavy (non-hydrogen) atoms. The van der Waals surface area contributed by atoms with E-state index in [1.54, 1.807) is 18.2 Å². The summed E-state index contributed by atoms with van der Waals surface area (Å²) in [6.45, 7) is 5.67. The summed E-state index contributed by atoms with van der Waals surface area (Å²) in [4.78, 5) is 22.4. The normalized spacial score (nSPS) is 11.2. The van der Waals surface area contributed by atoms with E-state index >= 15 is 0 Å². The Morgan fingerprint density at radius 2 is 1.75 bits per heavy atom. The van der Waals surface area contributed by atoms with Gasteiger partial charge in [0.2, 0.25) is 0 Å². The second-order valence-corrected chi connectivity index (χ2v) is 8.06. The number of imidazole rings is 1. The molecule has 0 saturated carbocycles. The summed E-state index contributed by atoms with van der Waals surface area (Å²) < 4.78 is 4.06. The minimum absolute atomic E-state index is 0.0312. The van der Waals surface area contributed by atoms with Gasteiger partial charge in [-0.25, -0.2) is 9.97 Å². The largest absolute Gasteiger partial charge is 0.384 e. The lowest BCUT2D eigenvalue weighted by molar-refractivity contribution is 0.535. The molecule has 0 fully saturated rings. The zero-order valence-corrected chi connectivity index (χ0v) is 18.5. The predicted octanol–water partition coefficient (Wildman–Crippen LogP) is 4.03. The third-order valence-corrected chi connectivity index (χ3v) is 5.82. The van der Waals surface area contributed by atoms with Crippen LogP contribution in [-0.4, -0.2) is 24.9 Å². The molecule has 0 radical (unpaired) electrons. The van der Waals surface area contributed by atoms with E-state index in [9.17, 15) is 4.79 Å². The van der Waals surface area contributed by atoms with E-state index in [4.69, 9.17) is 11.1 Å². The third-order valence-electron chi connectivity index (χ3n) is 5.82. The van der Waals surface area contributed by atoms with Crippen LogP contribution >= 0.6 is 0 Å². The average Bonchev–Trinajstić information content (AvgIpc) is 3.12. The molecule has 2 aromatic heterocycles. The number of aryl methyl sites for hydroxylation is 3.